The topological polar surface area (TPSA) is 47.5 Å². The number of rotatable bonds is 2. The van der Waals surface area contributed by atoms with E-state index in [1.807, 2.05) is 19.1 Å². The lowest BCUT2D eigenvalue weighted by molar-refractivity contribution is -0.138. The molecule has 0 aromatic carbocycles. The van der Waals surface area contributed by atoms with Crippen molar-refractivity contribution in [3.8, 4) is 0 Å². The predicted octanol–water partition coefficient (Wildman–Crippen LogP) is 1.17. The Kier molecular flexibility index (Phi) is 2.95. The Balaban J connectivity index is 1.63. The molecule has 0 aliphatic carbocycles. The van der Waals surface area contributed by atoms with E-state index in [1.165, 1.54) is 0 Å². The summed E-state index contributed by atoms with van der Waals surface area (Å²) in [5.41, 5.74) is 0.924. The van der Waals surface area contributed by atoms with E-state index in [9.17, 15) is 0 Å². The Morgan fingerprint density at radius 3 is 2.89 bits per heavy atom. The van der Waals surface area contributed by atoms with Crippen molar-refractivity contribution < 1.29 is 9.47 Å². The van der Waals surface area contributed by atoms with E-state index in [1.54, 1.807) is 7.11 Å². The minimum atomic E-state index is -0.0223. The molecule has 5 nitrogen and oxygen atoms in total. The summed E-state index contributed by atoms with van der Waals surface area (Å²) in [5.74, 6) is 0.939. The number of nitrogens with zero attached hydrogens (tertiary/aromatic N) is 3. The Bertz CT molecular complexity index is 415. The van der Waals surface area contributed by atoms with Crippen LogP contribution in [0.25, 0.3) is 0 Å². The lowest BCUT2D eigenvalue weighted by Crippen LogP contribution is -2.66. The molecule has 3 rings (SSSR count). The summed E-state index contributed by atoms with van der Waals surface area (Å²) in [4.78, 5) is 2.21. The average molecular weight is 249 g/mol. The van der Waals surface area contributed by atoms with Gasteiger partial charge in [0.05, 0.1) is 24.9 Å². The van der Waals surface area contributed by atoms with Crippen LogP contribution in [0.5, 0.6) is 0 Å². The van der Waals surface area contributed by atoms with Crippen molar-refractivity contribution >= 4 is 5.82 Å². The summed E-state index contributed by atoms with van der Waals surface area (Å²) in [6.07, 6.45) is 2.33. The monoisotopic (exact) mass is 249 g/mol. The molecule has 1 spiro atoms. The smallest absolute Gasteiger partial charge is 0.151 e. The number of aryl methyl sites for hydroxylation is 1. The van der Waals surface area contributed by atoms with Crippen molar-refractivity contribution in [3.63, 3.8) is 0 Å². The van der Waals surface area contributed by atoms with Gasteiger partial charge in [-0.25, -0.2) is 0 Å². The zero-order valence-corrected chi connectivity index (χ0v) is 10.9. The van der Waals surface area contributed by atoms with Crippen molar-refractivity contribution in [2.75, 3.05) is 31.7 Å². The normalized spacial score (nSPS) is 26.1. The van der Waals surface area contributed by atoms with E-state index in [4.69, 9.17) is 9.47 Å². The third-order valence-corrected chi connectivity index (χ3v) is 3.85. The molecule has 1 atom stereocenters. The van der Waals surface area contributed by atoms with Crippen LogP contribution >= 0.6 is 0 Å². The average Bonchev–Trinajstić information content (AvgIpc) is 2.37. The van der Waals surface area contributed by atoms with Gasteiger partial charge in [0.15, 0.2) is 5.82 Å². The van der Waals surface area contributed by atoms with Crippen molar-refractivity contribution in [2.45, 2.75) is 31.5 Å². The molecular weight excluding hydrogens is 230 g/mol. The first kappa shape index (κ1) is 11.9. The van der Waals surface area contributed by atoms with Gasteiger partial charge in [-0.1, -0.05) is 0 Å². The first-order chi connectivity index (χ1) is 8.71. The number of ether oxygens (including phenoxy) is 2. The van der Waals surface area contributed by atoms with Crippen molar-refractivity contribution in [1.82, 2.24) is 10.2 Å². The SMILES string of the molecule is CO[C@H]1CCOC2(C1)CN(c1ccc(C)nn1)C2. The highest BCUT2D eigenvalue weighted by atomic mass is 16.5. The van der Waals surface area contributed by atoms with Gasteiger partial charge >= 0.3 is 0 Å². The van der Waals surface area contributed by atoms with Gasteiger partial charge in [-0.3, -0.25) is 0 Å². The lowest BCUT2D eigenvalue weighted by atomic mass is 9.84. The maximum Gasteiger partial charge on any atom is 0.151 e. The van der Waals surface area contributed by atoms with Crippen molar-refractivity contribution in [2.24, 2.45) is 0 Å². The Hall–Kier alpha value is -1.20. The molecule has 0 unspecified atom stereocenters. The molecule has 3 heterocycles. The Morgan fingerprint density at radius 2 is 2.22 bits per heavy atom. The van der Waals surface area contributed by atoms with E-state index in [0.29, 0.717) is 6.10 Å². The zero-order chi connectivity index (χ0) is 12.6. The molecule has 2 fully saturated rings. The highest BCUT2D eigenvalue weighted by Crippen LogP contribution is 2.36. The molecule has 0 radical (unpaired) electrons. The molecule has 18 heavy (non-hydrogen) atoms. The summed E-state index contributed by atoms with van der Waals surface area (Å²) in [5, 5.41) is 8.30. The quantitative estimate of drug-likeness (QED) is 0.787. The third-order valence-electron chi connectivity index (χ3n) is 3.85. The van der Waals surface area contributed by atoms with E-state index >= 15 is 0 Å². The van der Waals surface area contributed by atoms with Gasteiger partial charge in [-0.05, 0) is 25.5 Å². The van der Waals surface area contributed by atoms with E-state index in [0.717, 1.165) is 44.0 Å². The molecule has 2 aliphatic heterocycles. The first-order valence-electron chi connectivity index (χ1n) is 6.43. The lowest BCUT2D eigenvalue weighted by Gasteiger charge is -2.53. The summed E-state index contributed by atoms with van der Waals surface area (Å²) < 4.78 is 11.4. The fourth-order valence-corrected chi connectivity index (χ4v) is 2.78. The Morgan fingerprint density at radius 1 is 1.39 bits per heavy atom. The van der Waals surface area contributed by atoms with E-state index in [2.05, 4.69) is 15.1 Å². The second-order valence-electron chi connectivity index (χ2n) is 5.27. The van der Waals surface area contributed by atoms with Crippen LogP contribution in [0.4, 0.5) is 5.82 Å². The number of anilines is 1. The molecule has 2 aliphatic rings. The molecular formula is C13H19N3O2. The highest BCUT2D eigenvalue weighted by Gasteiger charge is 2.48. The Labute approximate surface area is 107 Å². The molecule has 0 amide bonds. The third kappa shape index (κ3) is 2.08. The van der Waals surface area contributed by atoms with Crippen LogP contribution in [-0.2, 0) is 9.47 Å². The van der Waals surface area contributed by atoms with Crippen LogP contribution in [-0.4, -0.2) is 48.7 Å². The molecule has 0 bridgehead atoms. The standard InChI is InChI=1S/C13H19N3O2/c1-10-3-4-12(15-14-10)16-8-13(9-16)7-11(17-2)5-6-18-13/h3-4,11H,5-9H2,1-2H3/t11-/m0/s1. The summed E-state index contributed by atoms with van der Waals surface area (Å²) in [7, 11) is 1.78. The van der Waals surface area contributed by atoms with Gasteiger partial charge in [-0.15, -0.1) is 5.10 Å². The molecule has 0 saturated carbocycles. The van der Waals surface area contributed by atoms with Crippen LogP contribution in [0.2, 0.25) is 0 Å². The van der Waals surface area contributed by atoms with Gasteiger partial charge in [0.25, 0.3) is 0 Å². The zero-order valence-electron chi connectivity index (χ0n) is 10.9. The van der Waals surface area contributed by atoms with E-state index < -0.39 is 0 Å². The minimum absolute atomic E-state index is 0.0223. The number of hydrogen-bond donors (Lipinski definition) is 0. The van der Waals surface area contributed by atoms with Crippen LogP contribution in [0.3, 0.4) is 0 Å². The predicted molar refractivity (Wildman–Crippen MR) is 67.7 cm³/mol. The maximum absolute atomic E-state index is 5.94. The first-order valence-corrected chi connectivity index (χ1v) is 6.43. The molecule has 2 saturated heterocycles. The summed E-state index contributed by atoms with van der Waals surface area (Å²) in [6.45, 7) is 4.53. The van der Waals surface area contributed by atoms with Crippen LogP contribution in [0.1, 0.15) is 18.5 Å². The number of methoxy groups -OCH3 is 1. The molecule has 5 heteroatoms. The van der Waals surface area contributed by atoms with E-state index in [-0.39, 0.29) is 5.60 Å². The minimum Gasteiger partial charge on any atom is -0.381 e. The van der Waals surface area contributed by atoms with Gasteiger partial charge < -0.3 is 14.4 Å². The highest BCUT2D eigenvalue weighted by molar-refractivity contribution is 5.43. The van der Waals surface area contributed by atoms with Crippen LogP contribution in [0.15, 0.2) is 12.1 Å². The van der Waals surface area contributed by atoms with Crippen LogP contribution in [0, 0.1) is 6.92 Å². The van der Waals surface area contributed by atoms with Crippen LogP contribution < -0.4 is 4.90 Å². The van der Waals surface area contributed by atoms with Gasteiger partial charge in [0, 0.05) is 20.1 Å². The fraction of sp³-hybridized carbons (Fsp3) is 0.692. The van der Waals surface area contributed by atoms with Crippen molar-refractivity contribution in [3.05, 3.63) is 17.8 Å². The molecule has 0 N–H and O–H groups in total. The van der Waals surface area contributed by atoms with Gasteiger partial charge in [0.2, 0.25) is 0 Å². The number of aromatic nitrogens is 2. The molecule has 98 valence electrons. The molecule has 1 aromatic heterocycles. The molecule has 1 aromatic rings. The second-order valence-corrected chi connectivity index (χ2v) is 5.27. The largest absolute Gasteiger partial charge is 0.381 e. The maximum atomic E-state index is 5.94. The summed E-state index contributed by atoms with van der Waals surface area (Å²) >= 11 is 0. The summed E-state index contributed by atoms with van der Waals surface area (Å²) in [6, 6.07) is 4.01. The fourth-order valence-electron chi connectivity index (χ4n) is 2.78. The van der Waals surface area contributed by atoms with Crippen molar-refractivity contribution in [1.29, 1.82) is 0 Å². The number of hydrogen-bond acceptors (Lipinski definition) is 5. The second kappa shape index (κ2) is 4.48. The van der Waals surface area contributed by atoms with Gasteiger partial charge in [-0.2, -0.15) is 5.10 Å². The van der Waals surface area contributed by atoms with Gasteiger partial charge in [0.1, 0.15) is 5.60 Å².